The van der Waals surface area contributed by atoms with Crippen molar-refractivity contribution in [3.63, 3.8) is 0 Å². The Morgan fingerprint density at radius 2 is 2.11 bits per heavy atom. The van der Waals surface area contributed by atoms with Crippen LogP contribution in [-0.4, -0.2) is 30.9 Å². The molecule has 1 unspecified atom stereocenters. The summed E-state index contributed by atoms with van der Waals surface area (Å²) in [7, 11) is 0. The van der Waals surface area contributed by atoms with Crippen LogP contribution in [0.2, 0.25) is 0 Å². The molecule has 0 radical (unpaired) electrons. The monoisotopic (exact) mass is 267 g/mol. The van der Waals surface area contributed by atoms with E-state index in [1.807, 2.05) is 6.92 Å². The predicted molar refractivity (Wildman–Crippen MR) is 73.9 cm³/mol. The smallest absolute Gasteiger partial charge is 0.146 e. The van der Waals surface area contributed by atoms with Crippen molar-refractivity contribution < 1.29 is 14.2 Å². The van der Waals surface area contributed by atoms with Gasteiger partial charge in [0.2, 0.25) is 0 Å². The molecule has 0 saturated carbocycles. The zero-order chi connectivity index (χ0) is 13.8. The van der Waals surface area contributed by atoms with Gasteiger partial charge in [0.15, 0.2) is 0 Å². The topological polar surface area (TPSA) is 32.7 Å². The fourth-order valence-corrected chi connectivity index (χ4v) is 2.54. The zero-order valence-electron chi connectivity index (χ0n) is 11.6. The summed E-state index contributed by atoms with van der Waals surface area (Å²) in [4.78, 5) is 2.05. The molecule has 0 spiro atoms. The minimum atomic E-state index is -0.632. The van der Waals surface area contributed by atoms with Gasteiger partial charge >= 0.3 is 0 Å². The second-order valence-electron chi connectivity index (χ2n) is 5.03. The molecule has 106 valence electrons. The maximum atomic E-state index is 14.1. The first-order valence-corrected chi connectivity index (χ1v) is 6.96. The van der Waals surface area contributed by atoms with Crippen LogP contribution >= 0.6 is 0 Å². The van der Waals surface area contributed by atoms with Gasteiger partial charge in [0.25, 0.3) is 0 Å². The number of aliphatic hydroxyl groups is 1. The Hall–Kier alpha value is -1.13. The summed E-state index contributed by atoms with van der Waals surface area (Å²) in [5.41, 5.74) is 1.24. The number of anilines is 1. The molecule has 2 rings (SSSR count). The van der Waals surface area contributed by atoms with E-state index in [1.165, 1.54) is 6.07 Å². The van der Waals surface area contributed by atoms with E-state index in [9.17, 15) is 9.50 Å². The highest BCUT2D eigenvalue weighted by Gasteiger charge is 2.21. The molecule has 1 fully saturated rings. The van der Waals surface area contributed by atoms with E-state index in [4.69, 9.17) is 4.74 Å². The second-order valence-corrected chi connectivity index (χ2v) is 5.03. The van der Waals surface area contributed by atoms with Crippen LogP contribution in [0.4, 0.5) is 10.1 Å². The molecule has 1 atom stereocenters. The summed E-state index contributed by atoms with van der Waals surface area (Å²) in [5, 5.41) is 9.45. The van der Waals surface area contributed by atoms with Gasteiger partial charge in [-0.25, -0.2) is 4.39 Å². The van der Waals surface area contributed by atoms with Crippen LogP contribution in [0.5, 0.6) is 0 Å². The summed E-state index contributed by atoms with van der Waals surface area (Å²) in [5.74, 6) is -0.256. The number of hydrogen-bond acceptors (Lipinski definition) is 3. The third kappa shape index (κ3) is 3.45. The number of piperidine rings is 1. The van der Waals surface area contributed by atoms with Crippen molar-refractivity contribution in [3.8, 4) is 0 Å². The second kappa shape index (κ2) is 6.35. The first-order chi connectivity index (χ1) is 9.11. The van der Waals surface area contributed by atoms with E-state index in [2.05, 4.69) is 4.90 Å². The Kier molecular flexibility index (Phi) is 4.77. The van der Waals surface area contributed by atoms with Gasteiger partial charge in [-0.15, -0.1) is 0 Å². The lowest BCUT2D eigenvalue weighted by atomic mass is 10.1. The van der Waals surface area contributed by atoms with E-state index >= 15 is 0 Å². The van der Waals surface area contributed by atoms with Gasteiger partial charge in [0.1, 0.15) is 5.82 Å². The molecule has 0 amide bonds. The molecule has 1 N–H and O–H groups in total. The summed E-state index contributed by atoms with van der Waals surface area (Å²) in [6.07, 6.45) is 1.55. The van der Waals surface area contributed by atoms with E-state index in [-0.39, 0.29) is 5.82 Å². The summed E-state index contributed by atoms with van der Waals surface area (Å²) in [6, 6.07) is 4.98. The summed E-state index contributed by atoms with van der Waals surface area (Å²) < 4.78 is 19.7. The SMILES string of the molecule is CCOC1CCN(c2ccc(C(C)O)cc2F)CC1. The van der Waals surface area contributed by atoms with Crippen LogP contribution in [0.3, 0.4) is 0 Å². The van der Waals surface area contributed by atoms with E-state index < -0.39 is 6.10 Å². The highest BCUT2D eigenvalue weighted by Crippen LogP contribution is 2.26. The van der Waals surface area contributed by atoms with Gasteiger partial charge < -0.3 is 14.7 Å². The molecular weight excluding hydrogens is 245 g/mol. The normalized spacial score (nSPS) is 18.6. The Balaban J connectivity index is 2.03. The van der Waals surface area contributed by atoms with Crippen molar-refractivity contribution in [3.05, 3.63) is 29.6 Å². The molecule has 0 aromatic heterocycles. The van der Waals surface area contributed by atoms with Crippen molar-refractivity contribution in [1.29, 1.82) is 0 Å². The quantitative estimate of drug-likeness (QED) is 0.910. The van der Waals surface area contributed by atoms with Crippen LogP contribution in [-0.2, 0) is 4.74 Å². The molecule has 1 saturated heterocycles. The molecule has 19 heavy (non-hydrogen) atoms. The van der Waals surface area contributed by atoms with Gasteiger partial charge in [-0.3, -0.25) is 0 Å². The lowest BCUT2D eigenvalue weighted by Gasteiger charge is -2.33. The van der Waals surface area contributed by atoms with Gasteiger partial charge in [0, 0.05) is 19.7 Å². The first-order valence-electron chi connectivity index (χ1n) is 6.96. The van der Waals surface area contributed by atoms with Crippen molar-refractivity contribution in [2.75, 3.05) is 24.6 Å². The van der Waals surface area contributed by atoms with Crippen LogP contribution < -0.4 is 4.90 Å². The molecule has 1 aromatic rings. The van der Waals surface area contributed by atoms with Gasteiger partial charge in [0.05, 0.1) is 17.9 Å². The van der Waals surface area contributed by atoms with Crippen molar-refractivity contribution >= 4 is 5.69 Å². The highest BCUT2D eigenvalue weighted by atomic mass is 19.1. The molecule has 0 bridgehead atoms. The Morgan fingerprint density at radius 3 is 2.63 bits per heavy atom. The fourth-order valence-electron chi connectivity index (χ4n) is 2.54. The number of aliphatic hydroxyl groups excluding tert-OH is 1. The van der Waals surface area contributed by atoms with Crippen molar-refractivity contribution in [1.82, 2.24) is 0 Å². The number of hydrogen-bond donors (Lipinski definition) is 1. The minimum absolute atomic E-state index is 0.256. The first kappa shape index (κ1) is 14.3. The van der Waals surface area contributed by atoms with Crippen LogP contribution in [0.25, 0.3) is 0 Å². The van der Waals surface area contributed by atoms with Crippen molar-refractivity contribution in [2.24, 2.45) is 0 Å². The van der Waals surface area contributed by atoms with Gasteiger partial charge in [-0.1, -0.05) is 6.07 Å². The lowest BCUT2D eigenvalue weighted by molar-refractivity contribution is 0.0458. The fraction of sp³-hybridized carbons (Fsp3) is 0.600. The molecular formula is C15H22FNO2. The minimum Gasteiger partial charge on any atom is -0.389 e. The number of rotatable bonds is 4. The summed E-state index contributed by atoms with van der Waals surface area (Å²) >= 11 is 0. The van der Waals surface area contributed by atoms with Gasteiger partial charge in [-0.05, 0) is 44.4 Å². The number of ether oxygens (including phenoxy) is 1. The zero-order valence-corrected chi connectivity index (χ0v) is 11.6. The number of nitrogens with zero attached hydrogens (tertiary/aromatic N) is 1. The average Bonchev–Trinajstić information content (AvgIpc) is 2.40. The third-order valence-electron chi connectivity index (χ3n) is 3.64. The Labute approximate surface area is 114 Å². The maximum Gasteiger partial charge on any atom is 0.146 e. The highest BCUT2D eigenvalue weighted by molar-refractivity contribution is 5.49. The van der Waals surface area contributed by atoms with Crippen LogP contribution in [0, 0.1) is 5.82 Å². The predicted octanol–water partition coefficient (Wildman–Crippen LogP) is 2.88. The van der Waals surface area contributed by atoms with Crippen molar-refractivity contribution in [2.45, 2.75) is 38.9 Å². The molecule has 3 nitrogen and oxygen atoms in total. The van der Waals surface area contributed by atoms with E-state index in [0.29, 0.717) is 17.4 Å². The molecule has 1 aliphatic heterocycles. The van der Waals surface area contributed by atoms with E-state index in [0.717, 1.165) is 32.5 Å². The molecule has 1 aromatic carbocycles. The van der Waals surface area contributed by atoms with Crippen LogP contribution in [0.1, 0.15) is 38.4 Å². The third-order valence-corrected chi connectivity index (χ3v) is 3.64. The summed E-state index contributed by atoms with van der Waals surface area (Å²) in [6.45, 7) is 6.01. The van der Waals surface area contributed by atoms with E-state index in [1.54, 1.807) is 19.1 Å². The maximum absolute atomic E-state index is 14.1. The largest absolute Gasteiger partial charge is 0.389 e. The lowest BCUT2D eigenvalue weighted by Crippen LogP contribution is -2.37. The molecule has 4 heteroatoms. The molecule has 1 aliphatic rings. The molecule has 1 heterocycles. The number of benzene rings is 1. The number of halogens is 1. The Bertz CT molecular complexity index is 415. The van der Waals surface area contributed by atoms with Gasteiger partial charge in [-0.2, -0.15) is 0 Å². The standard InChI is InChI=1S/C15H22FNO2/c1-3-19-13-6-8-17(9-7-13)15-5-4-12(11(2)18)10-14(15)16/h4-5,10-11,13,18H,3,6-9H2,1-2H3. The van der Waals surface area contributed by atoms with Crippen LogP contribution in [0.15, 0.2) is 18.2 Å². The Morgan fingerprint density at radius 1 is 1.42 bits per heavy atom. The molecule has 0 aliphatic carbocycles. The average molecular weight is 267 g/mol.